The number of carbonyl (C=O) groups is 2. The first-order valence-corrected chi connectivity index (χ1v) is 8.71. The normalized spacial score (nSPS) is 15.9. The number of ketones is 1. The van der Waals surface area contributed by atoms with E-state index in [1.54, 1.807) is 18.2 Å². The van der Waals surface area contributed by atoms with Crippen molar-refractivity contribution in [2.45, 2.75) is 19.4 Å². The number of amides is 1. The fourth-order valence-corrected chi connectivity index (χ4v) is 3.23. The van der Waals surface area contributed by atoms with Gasteiger partial charge in [-0.2, -0.15) is 0 Å². The molecule has 5 nitrogen and oxygen atoms in total. The average molecular weight is 340 g/mol. The van der Waals surface area contributed by atoms with Crippen LogP contribution < -0.4 is 0 Å². The molecule has 1 aliphatic rings. The van der Waals surface area contributed by atoms with Crippen molar-refractivity contribution < 1.29 is 14.0 Å². The molecule has 0 spiro atoms. The molecule has 132 valence electrons. The number of piperidine rings is 1. The maximum absolute atomic E-state index is 12.5. The van der Waals surface area contributed by atoms with Crippen molar-refractivity contribution in [2.24, 2.45) is 5.92 Å². The molecule has 1 aromatic carbocycles. The summed E-state index contributed by atoms with van der Waals surface area (Å²) < 4.78 is 5.28. The highest BCUT2D eigenvalue weighted by Gasteiger charge is 2.27. The Labute approximate surface area is 148 Å². The van der Waals surface area contributed by atoms with Crippen LogP contribution in [0.15, 0.2) is 53.1 Å². The van der Waals surface area contributed by atoms with Crippen LogP contribution in [0.25, 0.3) is 0 Å². The molecule has 1 aliphatic heterocycles. The van der Waals surface area contributed by atoms with E-state index >= 15 is 0 Å². The molecule has 0 saturated carbocycles. The van der Waals surface area contributed by atoms with Crippen LogP contribution in [0.3, 0.4) is 0 Å². The number of carbonyl (C=O) groups excluding carboxylic acids is 2. The van der Waals surface area contributed by atoms with Gasteiger partial charge in [-0.25, -0.2) is 0 Å². The SMILES string of the molecule is CN(Cc1ccco1)C(=O)CN1CCC(C(=O)c2ccccc2)CC1. The summed E-state index contributed by atoms with van der Waals surface area (Å²) in [6, 6.07) is 13.2. The Balaban J connectivity index is 1.46. The second-order valence-electron chi connectivity index (χ2n) is 6.61. The van der Waals surface area contributed by atoms with Gasteiger partial charge in [0, 0.05) is 18.5 Å². The third-order valence-electron chi connectivity index (χ3n) is 4.77. The van der Waals surface area contributed by atoms with Crippen molar-refractivity contribution in [2.75, 3.05) is 26.7 Å². The number of likely N-dealkylation sites (tertiary alicyclic amines) is 1. The molecule has 25 heavy (non-hydrogen) atoms. The van der Waals surface area contributed by atoms with Crippen LogP contribution in [0, 0.1) is 5.92 Å². The van der Waals surface area contributed by atoms with E-state index in [0.717, 1.165) is 37.3 Å². The van der Waals surface area contributed by atoms with Crippen LogP contribution in [0.1, 0.15) is 29.0 Å². The molecule has 1 aromatic heterocycles. The number of likely N-dealkylation sites (N-methyl/N-ethyl adjacent to an activating group) is 1. The Morgan fingerprint density at radius 3 is 2.48 bits per heavy atom. The summed E-state index contributed by atoms with van der Waals surface area (Å²) in [5.41, 5.74) is 0.787. The van der Waals surface area contributed by atoms with Gasteiger partial charge in [-0.1, -0.05) is 30.3 Å². The van der Waals surface area contributed by atoms with Gasteiger partial charge in [0.15, 0.2) is 5.78 Å². The molecule has 1 saturated heterocycles. The minimum Gasteiger partial charge on any atom is -0.467 e. The van der Waals surface area contributed by atoms with Gasteiger partial charge < -0.3 is 9.32 Å². The van der Waals surface area contributed by atoms with Gasteiger partial charge in [0.2, 0.25) is 5.91 Å². The van der Waals surface area contributed by atoms with Crippen molar-refractivity contribution in [3.63, 3.8) is 0 Å². The monoisotopic (exact) mass is 340 g/mol. The summed E-state index contributed by atoms with van der Waals surface area (Å²) >= 11 is 0. The zero-order valence-corrected chi connectivity index (χ0v) is 14.6. The van der Waals surface area contributed by atoms with Crippen molar-refractivity contribution in [3.05, 3.63) is 60.1 Å². The van der Waals surface area contributed by atoms with E-state index in [1.165, 1.54) is 0 Å². The third kappa shape index (κ3) is 4.57. The molecule has 1 fully saturated rings. The molecule has 0 atom stereocenters. The molecule has 3 rings (SSSR count). The van der Waals surface area contributed by atoms with Crippen molar-refractivity contribution >= 4 is 11.7 Å². The number of nitrogens with zero attached hydrogens (tertiary/aromatic N) is 2. The van der Waals surface area contributed by atoms with Crippen LogP contribution in [0.4, 0.5) is 0 Å². The molecular weight excluding hydrogens is 316 g/mol. The number of benzene rings is 1. The lowest BCUT2D eigenvalue weighted by molar-refractivity contribution is -0.132. The predicted molar refractivity (Wildman–Crippen MR) is 95.1 cm³/mol. The summed E-state index contributed by atoms with van der Waals surface area (Å²) in [5.74, 6) is 1.14. The molecule has 2 aromatic rings. The molecule has 1 amide bonds. The van der Waals surface area contributed by atoms with E-state index in [2.05, 4.69) is 4.90 Å². The molecule has 0 unspecified atom stereocenters. The van der Waals surface area contributed by atoms with Gasteiger partial charge in [-0.3, -0.25) is 14.5 Å². The molecule has 0 radical (unpaired) electrons. The first-order chi connectivity index (χ1) is 12.1. The molecule has 0 bridgehead atoms. The highest BCUT2D eigenvalue weighted by atomic mass is 16.3. The quantitative estimate of drug-likeness (QED) is 0.759. The first kappa shape index (κ1) is 17.4. The highest BCUT2D eigenvalue weighted by Crippen LogP contribution is 2.21. The van der Waals surface area contributed by atoms with Gasteiger partial charge in [0.1, 0.15) is 5.76 Å². The van der Waals surface area contributed by atoms with E-state index in [4.69, 9.17) is 4.42 Å². The third-order valence-corrected chi connectivity index (χ3v) is 4.77. The van der Waals surface area contributed by atoms with Gasteiger partial charge >= 0.3 is 0 Å². The second kappa shape index (κ2) is 8.12. The summed E-state index contributed by atoms with van der Waals surface area (Å²) in [7, 11) is 1.79. The zero-order valence-electron chi connectivity index (χ0n) is 14.6. The number of hydrogen-bond acceptors (Lipinski definition) is 4. The van der Waals surface area contributed by atoms with Crippen molar-refractivity contribution in [1.29, 1.82) is 0 Å². The largest absolute Gasteiger partial charge is 0.467 e. The van der Waals surface area contributed by atoms with E-state index in [9.17, 15) is 9.59 Å². The van der Waals surface area contributed by atoms with Gasteiger partial charge in [-0.05, 0) is 38.1 Å². The average Bonchev–Trinajstić information content (AvgIpc) is 3.15. The van der Waals surface area contributed by atoms with E-state index in [1.807, 2.05) is 42.5 Å². The fourth-order valence-electron chi connectivity index (χ4n) is 3.23. The van der Waals surface area contributed by atoms with Crippen molar-refractivity contribution in [1.82, 2.24) is 9.80 Å². The molecular formula is C20H24N2O3. The van der Waals surface area contributed by atoms with Gasteiger partial charge in [-0.15, -0.1) is 0 Å². The maximum Gasteiger partial charge on any atom is 0.236 e. The number of rotatable bonds is 6. The fraction of sp³-hybridized carbons (Fsp3) is 0.400. The Morgan fingerprint density at radius 2 is 1.84 bits per heavy atom. The summed E-state index contributed by atoms with van der Waals surface area (Å²) in [6.07, 6.45) is 3.23. The summed E-state index contributed by atoms with van der Waals surface area (Å²) in [6.45, 7) is 2.44. The Kier molecular flexibility index (Phi) is 5.66. The number of Topliss-reactive ketones (excluding diaryl/α,β-unsaturated/α-hetero) is 1. The van der Waals surface area contributed by atoms with Crippen LogP contribution in [0.2, 0.25) is 0 Å². The molecule has 0 N–H and O–H groups in total. The zero-order chi connectivity index (χ0) is 17.6. The Hall–Kier alpha value is -2.40. The standard InChI is InChI=1S/C20H24N2O3/c1-21(14-18-8-5-13-25-18)19(23)15-22-11-9-17(10-12-22)20(24)16-6-3-2-4-7-16/h2-8,13,17H,9-12,14-15H2,1H3. The smallest absolute Gasteiger partial charge is 0.236 e. The maximum atomic E-state index is 12.5. The van der Waals surface area contributed by atoms with Crippen LogP contribution in [-0.2, 0) is 11.3 Å². The minimum absolute atomic E-state index is 0.0644. The van der Waals surface area contributed by atoms with Gasteiger partial charge in [0.05, 0.1) is 19.4 Å². The lowest BCUT2D eigenvalue weighted by Crippen LogP contribution is -2.43. The Bertz CT molecular complexity index is 689. The first-order valence-electron chi connectivity index (χ1n) is 8.71. The minimum atomic E-state index is 0.0644. The van der Waals surface area contributed by atoms with Crippen LogP contribution in [0.5, 0.6) is 0 Å². The summed E-state index contributed by atoms with van der Waals surface area (Å²) in [5, 5.41) is 0. The number of hydrogen-bond donors (Lipinski definition) is 0. The van der Waals surface area contributed by atoms with Crippen LogP contribution in [-0.4, -0.2) is 48.2 Å². The van der Waals surface area contributed by atoms with E-state index < -0.39 is 0 Å². The Morgan fingerprint density at radius 1 is 1.12 bits per heavy atom. The van der Waals surface area contributed by atoms with Crippen LogP contribution >= 0.6 is 0 Å². The highest BCUT2D eigenvalue weighted by molar-refractivity contribution is 5.97. The molecule has 5 heteroatoms. The predicted octanol–water partition coefficient (Wildman–Crippen LogP) is 2.83. The number of furan rings is 1. The lowest BCUT2D eigenvalue weighted by Gasteiger charge is -2.31. The lowest BCUT2D eigenvalue weighted by atomic mass is 9.89. The van der Waals surface area contributed by atoms with Crippen molar-refractivity contribution in [3.8, 4) is 0 Å². The topological polar surface area (TPSA) is 53.8 Å². The van der Waals surface area contributed by atoms with E-state index in [0.29, 0.717) is 13.1 Å². The molecule has 2 heterocycles. The van der Waals surface area contributed by atoms with E-state index in [-0.39, 0.29) is 17.6 Å². The second-order valence-corrected chi connectivity index (χ2v) is 6.61. The van der Waals surface area contributed by atoms with Gasteiger partial charge in [0.25, 0.3) is 0 Å². The summed E-state index contributed by atoms with van der Waals surface area (Å²) in [4.78, 5) is 28.7. The molecule has 0 aliphatic carbocycles.